The molecule has 0 fully saturated rings. The van der Waals surface area contributed by atoms with Crippen LogP contribution in [0.25, 0.3) is 0 Å². The van der Waals surface area contributed by atoms with Gasteiger partial charge in [0.2, 0.25) is 0 Å². The maximum Gasteiger partial charge on any atom is 0.277 e. The Morgan fingerprint density at radius 2 is 2.31 bits per heavy atom. The molecule has 0 bridgehead atoms. The van der Waals surface area contributed by atoms with E-state index in [0.717, 1.165) is 0 Å². The summed E-state index contributed by atoms with van der Waals surface area (Å²) in [5.74, 6) is -0.310. The first-order valence-corrected chi connectivity index (χ1v) is 4.96. The van der Waals surface area contributed by atoms with E-state index in [1.807, 2.05) is 0 Å². The minimum absolute atomic E-state index is 0.266. The number of hydrogen-bond donors (Lipinski definition) is 1. The Hall–Kier alpha value is -1.88. The Kier molecular flexibility index (Phi) is 2.87. The molecule has 2 rings (SSSR count). The molecule has 0 radical (unpaired) electrons. The van der Waals surface area contributed by atoms with Crippen molar-refractivity contribution in [1.29, 1.82) is 0 Å². The van der Waals surface area contributed by atoms with Crippen molar-refractivity contribution in [2.24, 2.45) is 7.05 Å². The molecule has 1 aromatic heterocycles. The molecule has 82 valence electrons. The Labute approximate surface area is 97.0 Å². The molecule has 0 saturated carbocycles. The van der Waals surface area contributed by atoms with Crippen molar-refractivity contribution in [3.63, 3.8) is 0 Å². The van der Waals surface area contributed by atoms with Crippen molar-refractivity contribution in [3.8, 4) is 0 Å². The largest absolute Gasteiger partial charge is 0.320 e. The molecule has 5 nitrogen and oxygen atoms in total. The van der Waals surface area contributed by atoms with Gasteiger partial charge in [0.25, 0.3) is 5.91 Å². The summed E-state index contributed by atoms with van der Waals surface area (Å²) < 4.78 is 1.47. The third-order valence-corrected chi connectivity index (χ3v) is 2.15. The minimum atomic E-state index is -0.310. The van der Waals surface area contributed by atoms with Crippen molar-refractivity contribution < 1.29 is 4.79 Å². The first-order chi connectivity index (χ1) is 7.65. The molecule has 0 aliphatic rings. The van der Waals surface area contributed by atoms with Crippen LogP contribution in [0.1, 0.15) is 10.5 Å². The average Bonchev–Trinajstić information content (AvgIpc) is 2.65. The van der Waals surface area contributed by atoms with Crippen LogP contribution in [-0.4, -0.2) is 20.9 Å². The van der Waals surface area contributed by atoms with Crippen LogP contribution in [-0.2, 0) is 7.05 Å². The smallest absolute Gasteiger partial charge is 0.277 e. The van der Waals surface area contributed by atoms with Gasteiger partial charge in [0.1, 0.15) is 0 Å². The number of anilines is 1. The number of carbonyl (C=O) groups is 1. The van der Waals surface area contributed by atoms with Crippen LogP contribution in [0.2, 0.25) is 5.02 Å². The van der Waals surface area contributed by atoms with Gasteiger partial charge in [-0.1, -0.05) is 22.9 Å². The molecule has 0 aliphatic heterocycles. The summed E-state index contributed by atoms with van der Waals surface area (Å²) in [5, 5.41) is 10.6. The summed E-state index contributed by atoms with van der Waals surface area (Å²) in [5.41, 5.74) is 0.894. The summed E-state index contributed by atoms with van der Waals surface area (Å²) in [7, 11) is 1.70. The monoisotopic (exact) mass is 236 g/mol. The summed E-state index contributed by atoms with van der Waals surface area (Å²) in [4.78, 5) is 11.7. The Morgan fingerprint density at radius 3 is 2.94 bits per heavy atom. The molecule has 0 unspecified atom stereocenters. The standard InChI is InChI=1S/C10H9ClN4O/c1-15-6-9(13-14-15)10(16)12-8-4-2-3-7(11)5-8/h2-6H,1H3,(H,12,16). The van der Waals surface area contributed by atoms with Crippen molar-refractivity contribution in [3.05, 3.63) is 41.2 Å². The van der Waals surface area contributed by atoms with E-state index >= 15 is 0 Å². The van der Waals surface area contributed by atoms with Gasteiger partial charge in [0.05, 0.1) is 6.20 Å². The Bertz CT molecular complexity index is 523. The van der Waals surface area contributed by atoms with Crippen molar-refractivity contribution >= 4 is 23.2 Å². The molecule has 16 heavy (non-hydrogen) atoms. The van der Waals surface area contributed by atoms with E-state index in [0.29, 0.717) is 10.7 Å². The maximum absolute atomic E-state index is 11.7. The van der Waals surface area contributed by atoms with E-state index in [-0.39, 0.29) is 11.6 Å². The van der Waals surface area contributed by atoms with Gasteiger partial charge in [-0.3, -0.25) is 9.48 Å². The zero-order valence-corrected chi connectivity index (χ0v) is 9.27. The predicted octanol–water partition coefficient (Wildman–Crippen LogP) is 1.72. The van der Waals surface area contributed by atoms with E-state index in [9.17, 15) is 4.79 Å². The fraction of sp³-hybridized carbons (Fsp3) is 0.100. The van der Waals surface area contributed by atoms with E-state index in [1.54, 1.807) is 37.5 Å². The Balaban J connectivity index is 2.13. The molecule has 0 saturated heterocycles. The van der Waals surface area contributed by atoms with Gasteiger partial charge in [-0.25, -0.2) is 0 Å². The lowest BCUT2D eigenvalue weighted by atomic mass is 10.3. The number of carbonyl (C=O) groups excluding carboxylic acids is 1. The lowest BCUT2D eigenvalue weighted by molar-refractivity contribution is 0.102. The molecule has 1 amide bonds. The highest BCUT2D eigenvalue weighted by Crippen LogP contribution is 2.15. The number of halogens is 1. The molecular weight excluding hydrogens is 228 g/mol. The van der Waals surface area contributed by atoms with Gasteiger partial charge in [-0.05, 0) is 18.2 Å². The fourth-order valence-corrected chi connectivity index (χ4v) is 1.40. The zero-order valence-electron chi connectivity index (χ0n) is 8.51. The van der Waals surface area contributed by atoms with Crippen molar-refractivity contribution in [2.45, 2.75) is 0 Å². The van der Waals surface area contributed by atoms with Crippen molar-refractivity contribution in [1.82, 2.24) is 15.0 Å². The average molecular weight is 237 g/mol. The van der Waals surface area contributed by atoms with Gasteiger partial charge in [0, 0.05) is 17.8 Å². The van der Waals surface area contributed by atoms with Crippen LogP contribution in [0, 0.1) is 0 Å². The Morgan fingerprint density at radius 1 is 1.50 bits per heavy atom. The number of benzene rings is 1. The van der Waals surface area contributed by atoms with Crippen LogP contribution < -0.4 is 5.32 Å². The van der Waals surface area contributed by atoms with Gasteiger partial charge >= 0.3 is 0 Å². The van der Waals surface area contributed by atoms with Crippen molar-refractivity contribution in [2.75, 3.05) is 5.32 Å². The third kappa shape index (κ3) is 2.38. The molecule has 0 atom stereocenters. The number of rotatable bonds is 2. The summed E-state index contributed by atoms with van der Waals surface area (Å²) >= 11 is 5.80. The van der Waals surface area contributed by atoms with Crippen LogP contribution in [0.15, 0.2) is 30.5 Å². The van der Waals surface area contributed by atoms with Crippen LogP contribution in [0.3, 0.4) is 0 Å². The number of nitrogens with zero attached hydrogens (tertiary/aromatic N) is 3. The normalized spacial score (nSPS) is 10.1. The first-order valence-electron chi connectivity index (χ1n) is 4.58. The number of amides is 1. The highest BCUT2D eigenvalue weighted by atomic mass is 35.5. The highest BCUT2D eigenvalue weighted by molar-refractivity contribution is 6.30. The predicted molar refractivity (Wildman–Crippen MR) is 60.4 cm³/mol. The summed E-state index contributed by atoms with van der Waals surface area (Å²) in [6.07, 6.45) is 1.54. The highest BCUT2D eigenvalue weighted by Gasteiger charge is 2.09. The van der Waals surface area contributed by atoms with Crippen LogP contribution in [0.5, 0.6) is 0 Å². The van der Waals surface area contributed by atoms with Crippen LogP contribution in [0.4, 0.5) is 5.69 Å². The lowest BCUT2D eigenvalue weighted by Gasteiger charge is -2.02. The quantitative estimate of drug-likeness (QED) is 0.864. The van der Waals surface area contributed by atoms with Gasteiger partial charge in [-0.15, -0.1) is 5.10 Å². The SMILES string of the molecule is Cn1cc(C(=O)Nc2cccc(Cl)c2)nn1. The number of aryl methyl sites for hydroxylation is 1. The first kappa shape index (κ1) is 10.6. The molecule has 1 heterocycles. The van der Waals surface area contributed by atoms with E-state index < -0.39 is 0 Å². The van der Waals surface area contributed by atoms with E-state index in [2.05, 4.69) is 15.6 Å². The molecular formula is C10H9ClN4O. The zero-order chi connectivity index (χ0) is 11.5. The van der Waals surface area contributed by atoms with E-state index in [1.165, 1.54) is 4.68 Å². The second kappa shape index (κ2) is 4.32. The van der Waals surface area contributed by atoms with Gasteiger partial charge < -0.3 is 5.32 Å². The molecule has 0 aliphatic carbocycles. The number of aromatic nitrogens is 3. The molecule has 1 N–H and O–H groups in total. The number of nitrogens with one attached hydrogen (secondary N) is 1. The van der Waals surface area contributed by atoms with E-state index in [4.69, 9.17) is 11.6 Å². The topological polar surface area (TPSA) is 59.8 Å². The fourth-order valence-electron chi connectivity index (χ4n) is 1.21. The summed E-state index contributed by atoms with van der Waals surface area (Å²) in [6.45, 7) is 0. The molecule has 6 heteroatoms. The molecule has 2 aromatic rings. The summed E-state index contributed by atoms with van der Waals surface area (Å²) in [6, 6.07) is 6.91. The third-order valence-electron chi connectivity index (χ3n) is 1.92. The second-order valence-electron chi connectivity index (χ2n) is 3.24. The lowest BCUT2D eigenvalue weighted by Crippen LogP contribution is -2.12. The molecule has 0 spiro atoms. The maximum atomic E-state index is 11.7. The molecule has 1 aromatic carbocycles. The van der Waals surface area contributed by atoms with Gasteiger partial charge in [0.15, 0.2) is 5.69 Å². The second-order valence-corrected chi connectivity index (χ2v) is 3.68. The van der Waals surface area contributed by atoms with Gasteiger partial charge in [-0.2, -0.15) is 0 Å². The minimum Gasteiger partial charge on any atom is -0.320 e. The number of hydrogen-bond acceptors (Lipinski definition) is 3. The van der Waals surface area contributed by atoms with Crippen LogP contribution >= 0.6 is 11.6 Å².